The maximum Gasteiger partial charge on any atom is 0.226 e. The van der Waals surface area contributed by atoms with Crippen molar-refractivity contribution in [3.05, 3.63) is 47.3 Å². The minimum atomic E-state index is 0.0170. The monoisotopic (exact) mass is 285 g/mol. The number of aryl methyl sites for hydroxylation is 3. The van der Waals surface area contributed by atoms with Gasteiger partial charge < -0.3 is 5.32 Å². The fraction of sp³-hybridized carbons (Fsp3) is 0.412. The van der Waals surface area contributed by atoms with Crippen molar-refractivity contribution in [3.63, 3.8) is 0 Å². The number of benzene rings is 1. The molecule has 4 heteroatoms. The fourth-order valence-corrected chi connectivity index (χ4v) is 2.53. The number of hydrogen-bond donors (Lipinski definition) is 1. The van der Waals surface area contributed by atoms with E-state index in [2.05, 4.69) is 23.4 Å². The van der Waals surface area contributed by atoms with Crippen molar-refractivity contribution in [3.8, 4) is 0 Å². The highest BCUT2D eigenvalue weighted by molar-refractivity contribution is 5.91. The third-order valence-corrected chi connectivity index (χ3v) is 3.56. The van der Waals surface area contributed by atoms with Gasteiger partial charge in [-0.3, -0.25) is 9.48 Å². The maximum absolute atomic E-state index is 12.2. The van der Waals surface area contributed by atoms with Gasteiger partial charge in [-0.15, -0.1) is 0 Å². The molecule has 21 heavy (non-hydrogen) atoms. The standard InChI is InChI=1S/C17H23N3O/c1-5-15-7-6-8-16(11-15)18-17(21)10-14(4)20-13(3)9-12(2)19-20/h6-9,11,14H,5,10H2,1-4H3,(H,18,21). The van der Waals surface area contributed by atoms with E-state index in [1.165, 1.54) is 5.56 Å². The first-order chi connectivity index (χ1) is 9.99. The minimum Gasteiger partial charge on any atom is -0.326 e. The van der Waals surface area contributed by atoms with Crippen LogP contribution in [0, 0.1) is 13.8 Å². The minimum absolute atomic E-state index is 0.0170. The van der Waals surface area contributed by atoms with Crippen LogP contribution < -0.4 is 5.32 Å². The van der Waals surface area contributed by atoms with Gasteiger partial charge in [0, 0.05) is 17.8 Å². The summed E-state index contributed by atoms with van der Waals surface area (Å²) >= 11 is 0. The molecule has 2 rings (SSSR count). The van der Waals surface area contributed by atoms with Crippen LogP contribution >= 0.6 is 0 Å². The molecule has 1 aromatic carbocycles. The van der Waals surface area contributed by atoms with Crippen molar-refractivity contribution in [1.29, 1.82) is 0 Å². The van der Waals surface area contributed by atoms with Crippen molar-refractivity contribution in [2.24, 2.45) is 0 Å². The van der Waals surface area contributed by atoms with E-state index >= 15 is 0 Å². The second-order valence-electron chi connectivity index (χ2n) is 5.53. The summed E-state index contributed by atoms with van der Waals surface area (Å²) in [4.78, 5) is 12.2. The molecule has 0 spiro atoms. The lowest BCUT2D eigenvalue weighted by molar-refractivity contribution is -0.116. The van der Waals surface area contributed by atoms with Crippen molar-refractivity contribution in [2.45, 2.75) is 46.6 Å². The Morgan fingerprint density at radius 2 is 2.10 bits per heavy atom. The quantitative estimate of drug-likeness (QED) is 0.911. The van der Waals surface area contributed by atoms with Gasteiger partial charge in [0.1, 0.15) is 0 Å². The third-order valence-electron chi connectivity index (χ3n) is 3.56. The zero-order chi connectivity index (χ0) is 15.4. The number of aromatic nitrogens is 2. The number of carbonyl (C=O) groups is 1. The summed E-state index contributed by atoms with van der Waals surface area (Å²) in [5.41, 5.74) is 4.15. The molecule has 0 radical (unpaired) electrons. The number of carbonyl (C=O) groups excluding carboxylic acids is 1. The Morgan fingerprint density at radius 3 is 2.71 bits per heavy atom. The Balaban J connectivity index is 1.99. The third kappa shape index (κ3) is 3.94. The number of amides is 1. The summed E-state index contributed by atoms with van der Waals surface area (Å²) in [6.07, 6.45) is 1.38. The van der Waals surface area contributed by atoms with Crippen molar-refractivity contribution >= 4 is 11.6 Å². The number of rotatable bonds is 5. The van der Waals surface area contributed by atoms with Gasteiger partial charge in [-0.25, -0.2) is 0 Å². The average Bonchev–Trinajstić information content (AvgIpc) is 2.77. The molecule has 1 N–H and O–H groups in total. The average molecular weight is 285 g/mol. The number of hydrogen-bond acceptors (Lipinski definition) is 2. The summed E-state index contributed by atoms with van der Waals surface area (Å²) in [5, 5.41) is 7.40. The first-order valence-electron chi connectivity index (χ1n) is 7.41. The molecule has 1 aromatic heterocycles. The highest BCUT2D eigenvalue weighted by Crippen LogP contribution is 2.16. The van der Waals surface area contributed by atoms with Crippen LogP contribution in [0.3, 0.4) is 0 Å². The highest BCUT2D eigenvalue weighted by atomic mass is 16.1. The number of nitrogens with one attached hydrogen (secondary N) is 1. The number of anilines is 1. The molecule has 1 atom stereocenters. The van der Waals surface area contributed by atoms with Crippen LogP contribution in [0.5, 0.6) is 0 Å². The first kappa shape index (κ1) is 15.3. The lowest BCUT2D eigenvalue weighted by atomic mass is 10.1. The van der Waals surface area contributed by atoms with Crippen LogP contribution in [0.25, 0.3) is 0 Å². The second kappa shape index (κ2) is 6.57. The van der Waals surface area contributed by atoms with Crippen molar-refractivity contribution in [2.75, 3.05) is 5.32 Å². The van der Waals surface area contributed by atoms with E-state index in [1.54, 1.807) is 0 Å². The Labute approximate surface area is 126 Å². The first-order valence-corrected chi connectivity index (χ1v) is 7.41. The van der Waals surface area contributed by atoms with E-state index in [-0.39, 0.29) is 11.9 Å². The van der Waals surface area contributed by atoms with Crippen LogP contribution in [-0.4, -0.2) is 15.7 Å². The van der Waals surface area contributed by atoms with Crippen LogP contribution in [0.15, 0.2) is 30.3 Å². The molecule has 0 saturated heterocycles. The predicted octanol–water partition coefficient (Wildman–Crippen LogP) is 3.65. The zero-order valence-corrected chi connectivity index (χ0v) is 13.2. The molecule has 112 valence electrons. The van der Waals surface area contributed by atoms with Crippen LogP contribution in [0.2, 0.25) is 0 Å². The number of nitrogens with zero attached hydrogens (tertiary/aromatic N) is 2. The van der Waals surface area contributed by atoms with Gasteiger partial charge in [-0.1, -0.05) is 19.1 Å². The molecule has 0 fully saturated rings. The molecule has 1 heterocycles. The van der Waals surface area contributed by atoms with E-state index in [0.29, 0.717) is 6.42 Å². The smallest absolute Gasteiger partial charge is 0.226 e. The molecule has 0 aliphatic carbocycles. The molecular weight excluding hydrogens is 262 g/mol. The van der Waals surface area contributed by atoms with Gasteiger partial charge in [-0.05, 0) is 51.0 Å². The molecule has 2 aromatic rings. The lowest BCUT2D eigenvalue weighted by Crippen LogP contribution is -2.19. The van der Waals surface area contributed by atoms with Gasteiger partial charge >= 0.3 is 0 Å². The van der Waals surface area contributed by atoms with Gasteiger partial charge in [0.2, 0.25) is 5.91 Å². The van der Waals surface area contributed by atoms with Crippen LogP contribution in [0.1, 0.15) is 43.3 Å². The van der Waals surface area contributed by atoms with E-state index < -0.39 is 0 Å². The Bertz CT molecular complexity index is 631. The van der Waals surface area contributed by atoms with Gasteiger partial charge in [0.15, 0.2) is 0 Å². The van der Waals surface area contributed by atoms with E-state index in [0.717, 1.165) is 23.5 Å². The Kier molecular flexibility index (Phi) is 4.78. The topological polar surface area (TPSA) is 46.9 Å². The van der Waals surface area contributed by atoms with E-state index in [4.69, 9.17) is 0 Å². The molecule has 0 saturated carbocycles. The van der Waals surface area contributed by atoms with Gasteiger partial charge in [-0.2, -0.15) is 5.10 Å². The summed E-state index contributed by atoms with van der Waals surface area (Å²) in [5.74, 6) is 0.0170. The molecule has 4 nitrogen and oxygen atoms in total. The molecule has 0 aliphatic heterocycles. The Morgan fingerprint density at radius 1 is 1.33 bits per heavy atom. The van der Waals surface area contributed by atoms with Crippen LogP contribution in [0.4, 0.5) is 5.69 Å². The summed E-state index contributed by atoms with van der Waals surface area (Å²) in [7, 11) is 0. The second-order valence-corrected chi connectivity index (χ2v) is 5.53. The van der Waals surface area contributed by atoms with E-state index in [1.807, 2.05) is 49.7 Å². The fourth-order valence-electron chi connectivity index (χ4n) is 2.53. The normalized spacial score (nSPS) is 12.2. The molecule has 1 amide bonds. The van der Waals surface area contributed by atoms with Gasteiger partial charge in [0.05, 0.1) is 11.7 Å². The van der Waals surface area contributed by atoms with Crippen molar-refractivity contribution < 1.29 is 4.79 Å². The van der Waals surface area contributed by atoms with Gasteiger partial charge in [0.25, 0.3) is 0 Å². The highest BCUT2D eigenvalue weighted by Gasteiger charge is 2.14. The van der Waals surface area contributed by atoms with Crippen LogP contribution in [-0.2, 0) is 11.2 Å². The largest absolute Gasteiger partial charge is 0.326 e. The summed E-state index contributed by atoms with van der Waals surface area (Å²) < 4.78 is 1.91. The molecule has 1 unspecified atom stereocenters. The molecule has 0 bridgehead atoms. The maximum atomic E-state index is 12.2. The molecule has 0 aliphatic rings. The summed E-state index contributed by atoms with van der Waals surface area (Å²) in [6.45, 7) is 8.10. The predicted molar refractivity (Wildman–Crippen MR) is 85.5 cm³/mol. The SMILES string of the molecule is CCc1cccc(NC(=O)CC(C)n2nc(C)cc2C)c1. The van der Waals surface area contributed by atoms with E-state index in [9.17, 15) is 4.79 Å². The molecular formula is C17H23N3O. The zero-order valence-electron chi connectivity index (χ0n) is 13.2. The lowest BCUT2D eigenvalue weighted by Gasteiger charge is -2.14. The van der Waals surface area contributed by atoms with Crippen molar-refractivity contribution in [1.82, 2.24) is 9.78 Å². The Hall–Kier alpha value is -2.10. The summed E-state index contributed by atoms with van der Waals surface area (Å²) in [6, 6.07) is 10.1.